The van der Waals surface area contributed by atoms with Gasteiger partial charge in [0.2, 0.25) is 0 Å². The number of aliphatic hydroxyl groups excluding tert-OH is 1. The number of β-amino-alcohol motifs (C(OH)–C–C–N with tert-alkyl or cyclic N) is 1. The summed E-state index contributed by atoms with van der Waals surface area (Å²) in [5.74, 6) is 0.657. The molecule has 126 valence electrons. The van der Waals surface area contributed by atoms with Crippen molar-refractivity contribution in [1.82, 2.24) is 14.7 Å². The number of aromatic nitrogens is 2. The molecule has 0 amide bonds. The Bertz CT molecular complexity index is 695. The summed E-state index contributed by atoms with van der Waals surface area (Å²) in [6.07, 6.45) is 3.14. The highest BCUT2D eigenvalue weighted by Gasteiger charge is 2.35. The fourth-order valence-electron chi connectivity index (χ4n) is 2.96. The van der Waals surface area contributed by atoms with Crippen LogP contribution in [0.3, 0.4) is 0 Å². The zero-order chi connectivity index (χ0) is 16.9. The molecule has 0 spiro atoms. The van der Waals surface area contributed by atoms with E-state index in [9.17, 15) is 5.11 Å². The van der Waals surface area contributed by atoms with Crippen molar-refractivity contribution in [2.24, 2.45) is 0 Å². The van der Waals surface area contributed by atoms with E-state index < -0.39 is 6.10 Å². The summed E-state index contributed by atoms with van der Waals surface area (Å²) in [5, 5.41) is 23.3. The quantitative estimate of drug-likeness (QED) is 0.874. The Kier molecular flexibility index (Phi) is 5.14. The summed E-state index contributed by atoms with van der Waals surface area (Å²) in [6, 6.07) is 12.4. The third-order valence-corrected chi connectivity index (χ3v) is 4.36. The van der Waals surface area contributed by atoms with Gasteiger partial charge in [0.25, 0.3) is 0 Å². The van der Waals surface area contributed by atoms with Gasteiger partial charge in [0.05, 0.1) is 31.4 Å². The number of hydrogen-bond donors (Lipinski definition) is 1. The van der Waals surface area contributed by atoms with Gasteiger partial charge in [-0.25, -0.2) is 0 Å². The lowest BCUT2D eigenvalue weighted by atomic mass is 10.2. The van der Waals surface area contributed by atoms with Gasteiger partial charge in [-0.15, -0.1) is 0 Å². The van der Waals surface area contributed by atoms with E-state index in [0.29, 0.717) is 31.8 Å². The molecule has 1 aromatic heterocycles. The first-order valence-electron chi connectivity index (χ1n) is 8.18. The van der Waals surface area contributed by atoms with Crippen LogP contribution in [0, 0.1) is 11.3 Å². The van der Waals surface area contributed by atoms with Crippen molar-refractivity contribution in [3.05, 3.63) is 48.3 Å². The number of ether oxygens (including phenoxy) is 1. The largest absolute Gasteiger partial charge is 0.483 e. The van der Waals surface area contributed by atoms with Crippen LogP contribution >= 0.6 is 0 Å². The van der Waals surface area contributed by atoms with Crippen LogP contribution in [0.15, 0.2) is 42.7 Å². The summed E-state index contributed by atoms with van der Waals surface area (Å²) >= 11 is 0. The van der Waals surface area contributed by atoms with Crippen LogP contribution in [0.4, 0.5) is 0 Å². The maximum atomic E-state index is 10.2. The number of aliphatic hydroxyl groups is 1. The lowest BCUT2D eigenvalue weighted by molar-refractivity contribution is 0.0736. The number of rotatable bonds is 6. The lowest BCUT2D eigenvalue weighted by Crippen LogP contribution is -2.32. The zero-order valence-electron chi connectivity index (χ0n) is 13.7. The average molecular weight is 326 g/mol. The van der Waals surface area contributed by atoms with Gasteiger partial charge in [-0.2, -0.15) is 10.4 Å². The maximum Gasteiger partial charge on any atom is 0.157 e. The monoisotopic (exact) mass is 326 g/mol. The molecule has 0 aliphatic carbocycles. The average Bonchev–Trinajstić information content (AvgIpc) is 3.16. The summed E-state index contributed by atoms with van der Waals surface area (Å²) < 4.78 is 7.73. The predicted molar refractivity (Wildman–Crippen MR) is 89.5 cm³/mol. The van der Waals surface area contributed by atoms with Gasteiger partial charge in [0.1, 0.15) is 12.2 Å². The van der Waals surface area contributed by atoms with E-state index in [4.69, 9.17) is 10.00 Å². The Labute approximate surface area is 141 Å². The minimum Gasteiger partial charge on any atom is -0.483 e. The molecule has 2 aromatic rings. The van der Waals surface area contributed by atoms with Gasteiger partial charge in [0.15, 0.2) is 5.75 Å². The van der Waals surface area contributed by atoms with Crippen molar-refractivity contribution < 1.29 is 9.84 Å². The number of nitriles is 1. The second-order valence-corrected chi connectivity index (χ2v) is 6.25. The Morgan fingerprint density at radius 1 is 1.38 bits per heavy atom. The molecule has 1 aliphatic rings. The molecule has 3 atom stereocenters. The molecular weight excluding hydrogens is 304 g/mol. The Hall–Kier alpha value is -2.36. The molecule has 24 heavy (non-hydrogen) atoms. The molecule has 1 saturated heterocycles. The first-order valence-corrected chi connectivity index (χ1v) is 8.18. The van der Waals surface area contributed by atoms with Crippen LogP contribution in [0.5, 0.6) is 5.75 Å². The van der Waals surface area contributed by atoms with Gasteiger partial charge in [-0.3, -0.25) is 9.58 Å². The first kappa shape index (κ1) is 16.5. The highest BCUT2D eigenvalue weighted by Crippen LogP contribution is 2.21. The van der Waals surface area contributed by atoms with Crippen LogP contribution in [0.25, 0.3) is 0 Å². The van der Waals surface area contributed by atoms with Crippen molar-refractivity contribution in [1.29, 1.82) is 5.26 Å². The minimum absolute atomic E-state index is 0.124. The number of nitrogens with zero attached hydrogens (tertiary/aromatic N) is 4. The van der Waals surface area contributed by atoms with Crippen LogP contribution in [-0.2, 0) is 6.54 Å². The van der Waals surface area contributed by atoms with Crippen molar-refractivity contribution in [3.8, 4) is 11.8 Å². The van der Waals surface area contributed by atoms with Crippen molar-refractivity contribution >= 4 is 0 Å². The number of hydrogen-bond acceptors (Lipinski definition) is 5. The van der Waals surface area contributed by atoms with E-state index in [2.05, 4.69) is 28.2 Å². The molecule has 6 nitrogen and oxygen atoms in total. The smallest absolute Gasteiger partial charge is 0.157 e. The van der Waals surface area contributed by atoms with Crippen LogP contribution in [-0.4, -0.2) is 51.1 Å². The van der Waals surface area contributed by atoms with Crippen LogP contribution < -0.4 is 4.74 Å². The second kappa shape index (κ2) is 7.47. The van der Waals surface area contributed by atoms with Crippen LogP contribution in [0.2, 0.25) is 0 Å². The van der Waals surface area contributed by atoms with Gasteiger partial charge in [-0.1, -0.05) is 30.3 Å². The summed E-state index contributed by atoms with van der Waals surface area (Å²) in [6.45, 7) is 3.83. The Morgan fingerprint density at radius 3 is 2.92 bits per heavy atom. The third kappa shape index (κ3) is 3.94. The Morgan fingerprint density at radius 2 is 2.17 bits per heavy atom. The van der Waals surface area contributed by atoms with Gasteiger partial charge < -0.3 is 9.84 Å². The first-order chi connectivity index (χ1) is 11.7. The normalized spacial score (nSPS) is 22.2. The zero-order valence-corrected chi connectivity index (χ0v) is 13.7. The standard InChI is InChI=1S/C18H22N4O2/c1-14(7-8-19)21-12-17(23)18(13-21)24-16-9-20-22(11-16)10-15-5-3-2-4-6-15/h2-6,9,11,14,17-18,23H,7,10,12-13H2,1H3/t14?,17-,18-/m1/s1. The molecule has 1 fully saturated rings. The van der Waals surface area contributed by atoms with Crippen molar-refractivity contribution in [2.45, 2.75) is 38.1 Å². The maximum absolute atomic E-state index is 10.2. The molecule has 0 saturated carbocycles. The molecule has 1 N–H and O–H groups in total. The highest BCUT2D eigenvalue weighted by molar-refractivity contribution is 5.18. The molecule has 1 unspecified atom stereocenters. The summed E-state index contributed by atoms with van der Waals surface area (Å²) in [4.78, 5) is 2.09. The predicted octanol–water partition coefficient (Wildman–Crippen LogP) is 1.66. The second-order valence-electron chi connectivity index (χ2n) is 6.25. The van der Waals surface area contributed by atoms with E-state index in [0.717, 1.165) is 0 Å². The fourth-order valence-corrected chi connectivity index (χ4v) is 2.96. The van der Waals surface area contributed by atoms with Gasteiger partial charge in [-0.05, 0) is 12.5 Å². The molecular formula is C18H22N4O2. The molecule has 6 heteroatoms. The lowest BCUT2D eigenvalue weighted by Gasteiger charge is -2.21. The SMILES string of the molecule is CC(CC#N)N1C[C@@H](O)[C@H](Oc2cnn(Cc3ccccc3)c2)C1. The molecule has 0 bridgehead atoms. The van der Waals surface area contributed by atoms with E-state index in [1.807, 2.05) is 36.0 Å². The topological polar surface area (TPSA) is 74.3 Å². The third-order valence-electron chi connectivity index (χ3n) is 4.36. The van der Waals surface area contributed by atoms with Gasteiger partial charge >= 0.3 is 0 Å². The molecule has 1 aliphatic heterocycles. The van der Waals surface area contributed by atoms with E-state index in [-0.39, 0.29) is 12.1 Å². The minimum atomic E-state index is -0.552. The van der Waals surface area contributed by atoms with E-state index in [1.165, 1.54) is 5.56 Å². The van der Waals surface area contributed by atoms with Crippen molar-refractivity contribution in [2.75, 3.05) is 13.1 Å². The molecule has 3 rings (SSSR count). The molecule has 2 heterocycles. The van der Waals surface area contributed by atoms with E-state index >= 15 is 0 Å². The number of likely N-dealkylation sites (tertiary alicyclic amines) is 1. The van der Waals surface area contributed by atoms with E-state index in [1.54, 1.807) is 6.20 Å². The van der Waals surface area contributed by atoms with Gasteiger partial charge in [0, 0.05) is 19.1 Å². The Balaban J connectivity index is 1.58. The fraction of sp³-hybridized carbons (Fsp3) is 0.444. The summed E-state index contributed by atoms with van der Waals surface area (Å²) in [7, 11) is 0. The van der Waals surface area contributed by atoms with Crippen LogP contribution in [0.1, 0.15) is 18.9 Å². The van der Waals surface area contributed by atoms with Crippen molar-refractivity contribution in [3.63, 3.8) is 0 Å². The molecule has 1 aromatic carbocycles. The number of benzene rings is 1. The molecule has 0 radical (unpaired) electrons. The highest BCUT2D eigenvalue weighted by atomic mass is 16.5. The summed E-state index contributed by atoms with van der Waals surface area (Å²) in [5.41, 5.74) is 1.17.